The van der Waals surface area contributed by atoms with E-state index in [2.05, 4.69) is 4.72 Å². The molecule has 130 valence electrons. The summed E-state index contributed by atoms with van der Waals surface area (Å²) in [4.78, 5) is 0.0858. The molecule has 0 unspecified atom stereocenters. The molecule has 1 N–H and O–H groups in total. The maximum absolute atomic E-state index is 12.5. The van der Waals surface area contributed by atoms with Gasteiger partial charge in [-0.1, -0.05) is 0 Å². The molecule has 2 aromatic carbocycles. The van der Waals surface area contributed by atoms with E-state index < -0.39 is 10.0 Å². The summed E-state index contributed by atoms with van der Waals surface area (Å²) >= 11 is 0. The van der Waals surface area contributed by atoms with E-state index >= 15 is 0 Å². The van der Waals surface area contributed by atoms with Crippen LogP contribution in [-0.2, 0) is 10.0 Å². The number of methoxy groups -OCH3 is 2. The largest absolute Gasteiger partial charge is 0.493 e. The third kappa shape index (κ3) is 4.32. The number of rotatable bonds is 7. The van der Waals surface area contributed by atoms with Crippen LogP contribution in [0.15, 0.2) is 47.4 Å². The first kappa shape index (κ1) is 17.9. The molecular formula is C17H21NO5S. The maximum atomic E-state index is 12.5. The SMILES string of the molecule is COc1ccc(S(=O)(=O)Nc2ccc(OC(C)C)cc2)cc1OC. The van der Waals surface area contributed by atoms with Crippen LogP contribution >= 0.6 is 0 Å². The first-order chi connectivity index (χ1) is 11.4. The summed E-state index contributed by atoms with van der Waals surface area (Å²) in [6.07, 6.45) is 0.0549. The van der Waals surface area contributed by atoms with Crippen molar-refractivity contribution < 1.29 is 22.6 Å². The van der Waals surface area contributed by atoms with Crippen molar-refractivity contribution in [2.45, 2.75) is 24.8 Å². The van der Waals surface area contributed by atoms with Crippen molar-refractivity contribution in [3.63, 3.8) is 0 Å². The maximum Gasteiger partial charge on any atom is 0.262 e. The van der Waals surface area contributed by atoms with Gasteiger partial charge in [0.25, 0.3) is 10.0 Å². The Labute approximate surface area is 142 Å². The van der Waals surface area contributed by atoms with Crippen molar-refractivity contribution in [3.05, 3.63) is 42.5 Å². The third-order valence-corrected chi connectivity index (χ3v) is 4.52. The minimum Gasteiger partial charge on any atom is -0.493 e. The minimum atomic E-state index is -3.73. The predicted octanol–water partition coefficient (Wildman–Crippen LogP) is 3.29. The molecule has 0 saturated heterocycles. The van der Waals surface area contributed by atoms with Crippen molar-refractivity contribution in [2.24, 2.45) is 0 Å². The number of benzene rings is 2. The summed E-state index contributed by atoms with van der Waals surface area (Å²) in [5, 5.41) is 0. The minimum absolute atomic E-state index is 0.0549. The number of anilines is 1. The summed E-state index contributed by atoms with van der Waals surface area (Å²) in [6.45, 7) is 3.85. The lowest BCUT2D eigenvalue weighted by Crippen LogP contribution is -2.13. The van der Waals surface area contributed by atoms with Crippen molar-refractivity contribution in [3.8, 4) is 17.2 Å². The number of nitrogens with one attached hydrogen (secondary N) is 1. The lowest BCUT2D eigenvalue weighted by atomic mass is 10.3. The highest BCUT2D eigenvalue weighted by Gasteiger charge is 2.17. The van der Waals surface area contributed by atoms with Gasteiger partial charge in [-0.2, -0.15) is 0 Å². The monoisotopic (exact) mass is 351 g/mol. The van der Waals surface area contributed by atoms with Crippen LogP contribution in [0.3, 0.4) is 0 Å². The second-order valence-electron chi connectivity index (χ2n) is 5.31. The molecule has 0 spiro atoms. The predicted molar refractivity (Wildman–Crippen MR) is 92.6 cm³/mol. The van der Waals surface area contributed by atoms with Crippen LogP contribution < -0.4 is 18.9 Å². The molecule has 2 aromatic rings. The molecule has 0 radical (unpaired) electrons. The molecule has 0 aliphatic rings. The lowest BCUT2D eigenvalue weighted by molar-refractivity contribution is 0.242. The van der Waals surface area contributed by atoms with Crippen LogP contribution in [0.2, 0.25) is 0 Å². The topological polar surface area (TPSA) is 73.9 Å². The first-order valence-corrected chi connectivity index (χ1v) is 8.85. The van der Waals surface area contributed by atoms with Crippen molar-refractivity contribution in [1.82, 2.24) is 0 Å². The Bertz CT molecular complexity index is 785. The van der Waals surface area contributed by atoms with Crippen molar-refractivity contribution in [2.75, 3.05) is 18.9 Å². The molecule has 0 aliphatic heterocycles. The van der Waals surface area contributed by atoms with E-state index in [4.69, 9.17) is 14.2 Å². The number of hydrogen-bond donors (Lipinski definition) is 1. The average molecular weight is 351 g/mol. The Morgan fingerprint density at radius 1 is 0.917 bits per heavy atom. The summed E-state index contributed by atoms with van der Waals surface area (Å²) in [5.41, 5.74) is 0.445. The summed E-state index contributed by atoms with van der Waals surface area (Å²) in [5.74, 6) is 1.49. The molecule has 0 bridgehead atoms. The van der Waals surface area contributed by atoms with Gasteiger partial charge in [-0.25, -0.2) is 8.42 Å². The molecule has 0 aromatic heterocycles. The van der Waals surface area contributed by atoms with Crippen LogP contribution in [0.5, 0.6) is 17.2 Å². The highest BCUT2D eigenvalue weighted by atomic mass is 32.2. The summed E-state index contributed by atoms with van der Waals surface area (Å²) in [6, 6.07) is 11.1. The standard InChI is InChI=1S/C17H21NO5S/c1-12(2)23-14-7-5-13(6-8-14)18-24(19,20)15-9-10-16(21-3)17(11-15)22-4/h5-12,18H,1-4H3. The highest BCUT2D eigenvalue weighted by molar-refractivity contribution is 7.92. The van der Waals surface area contributed by atoms with Gasteiger partial charge in [-0.05, 0) is 50.2 Å². The number of sulfonamides is 1. The van der Waals surface area contributed by atoms with E-state index in [-0.39, 0.29) is 11.0 Å². The van der Waals surface area contributed by atoms with Crippen LogP contribution in [0.1, 0.15) is 13.8 Å². The van der Waals surface area contributed by atoms with E-state index in [0.29, 0.717) is 22.9 Å². The Morgan fingerprint density at radius 3 is 2.08 bits per heavy atom. The Kier molecular flexibility index (Phi) is 5.56. The fourth-order valence-corrected chi connectivity index (χ4v) is 3.15. The molecule has 0 saturated carbocycles. The molecule has 24 heavy (non-hydrogen) atoms. The molecule has 0 atom stereocenters. The number of ether oxygens (including phenoxy) is 3. The van der Waals surface area contributed by atoms with Crippen LogP contribution in [0.25, 0.3) is 0 Å². The van der Waals surface area contributed by atoms with Gasteiger partial charge in [0.05, 0.1) is 25.2 Å². The number of hydrogen-bond acceptors (Lipinski definition) is 5. The summed E-state index contributed by atoms with van der Waals surface area (Å²) < 4.78 is 43.3. The smallest absolute Gasteiger partial charge is 0.262 e. The van der Waals surface area contributed by atoms with Gasteiger partial charge in [0.1, 0.15) is 5.75 Å². The van der Waals surface area contributed by atoms with Crippen LogP contribution in [0.4, 0.5) is 5.69 Å². The average Bonchev–Trinajstić information content (AvgIpc) is 2.55. The molecular weight excluding hydrogens is 330 g/mol. The van der Waals surface area contributed by atoms with Crippen LogP contribution in [-0.4, -0.2) is 28.7 Å². The van der Waals surface area contributed by atoms with E-state index in [9.17, 15) is 8.42 Å². The highest BCUT2D eigenvalue weighted by Crippen LogP contribution is 2.30. The first-order valence-electron chi connectivity index (χ1n) is 7.37. The summed E-state index contributed by atoms with van der Waals surface area (Å²) in [7, 11) is -0.789. The molecule has 7 heteroatoms. The molecule has 0 fully saturated rings. The quantitative estimate of drug-likeness (QED) is 0.828. The van der Waals surface area contributed by atoms with Gasteiger partial charge in [-0.15, -0.1) is 0 Å². The van der Waals surface area contributed by atoms with Crippen molar-refractivity contribution in [1.29, 1.82) is 0 Å². The Balaban J connectivity index is 2.22. The van der Waals surface area contributed by atoms with E-state index in [1.807, 2.05) is 13.8 Å². The lowest BCUT2D eigenvalue weighted by Gasteiger charge is -2.13. The van der Waals surface area contributed by atoms with Gasteiger partial charge in [0.2, 0.25) is 0 Å². The Hall–Kier alpha value is -2.41. The van der Waals surface area contributed by atoms with Gasteiger partial charge < -0.3 is 14.2 Å². The van der Waals surface area contributed by atoms with E-state index in [1.54, 1.807) is 30.3 Å². The zero-order valence-electron chi connectivity index (χ0n) is 14.1. The van der Waals surface area contributed by atoms with Gasteiger partial charge in [-0.3, -0.25) is 4.72 Å². The van der Waals surface area contributed by atoms with Crippen LogP contribution in [0, 0.1) is 0 Å². The zero-order valence-corrected chi connectivity index (χ0v) is 14.9. The fourth-order valence-electron chi connectivity index (χ4n) is 2.07. The molecule has 0 heterocycles. The molecule has 6 nitrogen and oxygen atoms in total. The third-order valence-electron chi connectivity index (χ3n) is 3.14. The second kappa shape index (κ2) is 7.44. The van der Waals surface area contributed by atoms with Gasteiger partial charge >= 0.3 is 0 Å². The zero-order chi connectivity index (χ0) is 17.7. The van der Waals surface area contributed by atoms with E-state index in [0.717, 1.165) is 0 Å². The second-order valence-corrected chi connectivity index (χ2v) is 7.00. The molecule has 0 amide bonds. The van der Waals surface area contributed by atoms with Gasteiger partial charge in [0.15, 0.2) is 11.5 Å². The Morgan fingerprint density at radius 2 is 1.54 bits per heavy atom. The normalized spacial score (nSPS) is 11.2. The van der Waals surface area contributed by atoms with E-state index in [1.165, 1.54) is 26.4 Å². The fraction of sp³-hybridized carbons (Fsp3) is 0.294. The van der Waals surface area contributed by atoms with Gasteiger partial charge in [0, 0.05) is 11.8 Å². The molecule has 2 rings (SSSR count). The molecule has 0 aliphatic carbocycles. The van der Waals surface area contributed by atoms with Crippen molar-refractivity contribution >= 4 is 15.7 Å².